The molecular weight excluding hydrogens is 228 g/mol. The number of nitrogens with one attached hydrogen (secondary N) is 1. The monoisotopic (exact) mass is 242 g/mol. The molecule has 0 fully saturated rings. The van der Waals surface area contributed by atoms with E-state index in [2.05, 4.69) is 10.3 Å². The molecule has 92 valence electrons. The highest BCUT2D eigenvalue weighted by Crippen LogP contribution is 2.20. The Morgan fingerprint density at radius 3 is 2.89 bits per heavy atom. The van der Waals surface area contributed by atoms with Gasteiger partial charge in [0.2, 0.25) is 0 Å². The van der Waals surface area contributed by atoms with Gasteiger partial charge in [-0.25, -0.2) is 4.98 Å². The summed E-state index contributed by atoms with van der Waals surface area (Å²) in [6, 6.07) is 7.84. The van der Waals surface area contributed by atoms with Crippen molar-refractivity contribution >= 4 is 16.8 Å². The van der Waals surface area contributed by atoms with Crippen molar-refractivity contribution in [2.24, 2.45) is 0 Å². The third kappa shape index (κ3) is 1.97. The molecule has 1 N–H and O–H groups in total. The second-order valence-corrected chi connectivity index (χ2v) is 4.30. The van der Waals surface area contributed by atoms with Crippen LogP contribution in [0.1, 0.15) is 17.2 Å². The number of hydrogen-bond donors (Lipinski definition) is 1. The number of anilines is 1. The lowest BCUT2D eigenvalue weighted by atomic mass is 10.2. The highest BCUT2D eigenvalue weighted by Gasteiger charge is 2.05. The van der Waals surface area contributed by atoms with Gasteiger partial charge in [0.15, 0.2) is 11.5 Å². The molecule has 0 aliphatic carbocycles. The molecule has 0 unspecified atom stereocenters. The molecule has 0 spiro atoms. The Bertz CT molecular complexity index is 682. The molecular formula is C14H14N2O2. The summed E-state index contributed by atoms with van der Waals surface area (Å²) in [4.78, 5) is 4.31. The molecule has 0 amide bonds. The first-order valence-corrected chi connectivity index (χ1v) is 5.86. The van der Waals surface area contributed by atoms with Gasteiger partial charge < -0.3 is 14.2 Å². The number of nitrogens with zero attached hydrogens (tertiary/aromatic N) is 1. The SMILES string of the molecule is Cc1nc2cc(NCc3occc3C)ccc2o1. The average molecular weight is 242 g/mol. The van der Waals surface area contributed by atoms with Crippen LogP contribution in [0.25, 0.3) is 11.1 Å². The zero-order valence-electron chi connectivity index (χ0n) is 10.4. The van der Waals surface area contributed by atoms with Crippen molar-refractivity contribution in [3.63, 3.8) is 0 Å². The van der Waals surface area contributed by atoms with Crippen LogP contribution in [0.4, 0.5) is 5.69 Å². The molecule has 4 heteroatoms. The van der Waals surface area contributed by atoms with Crippen LogP contribution in [0, 0.1) is 13.8 Å². The van der Waals surface area contributed by atoms with E-state index in [1.807, 2.05) is 38.1 Å². The van der Waals surface area contributed by atoms with E-state index in [0.29, 0.717) is 12.4 Å². The minimum atomic E-state index is 0.668. The molecule has 0 atom stereocenters. The summed E-state index contributed by atoms with van der Waals surface area (Å²) >= 11 is 0. The molecule has 0 saturated carbocycles. The van der Waals surface area contributed by atoms with Crippen LogP contribution in [0.15, 0.2) is 39.4 Å². The van der Waals surface area contributed by atoms with E-state index in [9.17, 15) is 0 Å². The second kappa shape index (κ2) is 4.22. The van der Waals surface area contributed by atoms with E-state index >= 15 is 0 Å². The molecule has 2 heterocycles. The number of oxazole rings is 1. The summed E-state index contributed by atoms with van der Waals surface area (Å²) in [6.45, 7) is 4.55. The number of aryl methyl sites for hydroxylation is 2. The van der Waals surface area contributed by atoms with Gasteiger partial charge in [0.05, 0.1) is 12.8 Å². The Hall–Kier alpha value is -2.23. The first-order valence-electron chi connectivity index (χ1n) is 5.86. The molecule has 0 aliphatic heterocycles. The number of fused-ring (bicyclic) bond motifs is 1. The number of benzene rings is 1. The van der Waals surface area contributed by atoms with Crippen molar-refractivity contribution < 1.29 is 8.83 Å². The summed E-state index contributed by atoms with van der Waals surface area (Å²) in [5.74, 6) is 1.63. The molecule has 3 aromatic rings. The standard InChI is InChI=1S/C14H14N2O2/c1-9-5-6-17-14(9)8-15-11-3-4-13-12(7-11)16-10(2)18-13/h3-7,15H,8H2,1-2H3. The molecule has 18 heavy (non-hydrogen) atoms. The molecule has 0 saturated heterocycles. The van der Waals surface area contributed by atoms with Crippen LogP contribution < -0.4 is 5.32 Å². The zero-order valence-corrected chi connectivity index (χ0v) is 10.4. The molecule has 4 nitrogen and oxygen atoms in total. The second-order valence-electron chi connectivity index (χ2n) is 4.30. The van der Waals surface area contributed by atoms with Crippen molar-refractivity contribution in [3.05, 3.63) is 47.7 Å². The molecule has 1 aromatic carbocycles. The number of aromatic nitrogens is 1. The summed E-state index contributed by atoms with van der Waals surface area (Å²) in [5.41, 5.74) is 3.84. The van der Waals surface area contributed by atoms with Crippen molar-refractivity contribution in [1.29, 1.82) is 0 Å². The van der Waals surface area contributed by atoms with Gasteiger partial charge in [-0.3, -0.25) is 0 Å². The molecule has 2 aromatic heterocycles. The largest absolute Gasteiger partial charge is 0.467 e. The first kappa shape index (κ1) is 10.9. The third-order valence-corrected chi connectivity index (χ3v) is 2.92. The lowest BCUT2D eigenvalue weighted by Gasteiger charge is -2.04. The lowest BCUT2D eigenvalue weighted by molar-refractivity contribution is 0.515. The fourth-order valence-electron chi connectivity index (χ4n) is 1.92. The van der Waals surface area contributed by atoms with Gasteiger partial charge >= 0.3 is 0 Å². The minimum Gasteiger partial charge on any atom is -0.467 e. The third-order valence-electron chi connectivity index (χ3n) is 2.92. The van der Waals surface area contributed by atoms with Gasteiger partial charge in [-0.2, -0.15) is 0 Å². The van der Waals surface area contributed by atoms with Gasteiger partial charge in [0.25, 0.3) is 0 Å². The Morgan fingerprint density at radius 1 is 1.22 bits per heavy atom. The summed E-state index contributed by atoms with van der Waals surface area (Å²) in [5, 5.41) is 3.31. The summed E-state index contributed by atoms with van der Waals surface area (Å²) in [6.07, 6.45) is 1.70. The smallest absolute Gasteiger partial charge is 0.192 e. The number of rotatable bonds is 3. The lowest BCUT2D eigenvalue weighted by Crippen LogP contribution is -1.99. The van der Waals surface area contributed by atoms with Crippen molar-refractivity contribution in [2.75, 3.05) is 5.32 Å². The summed E-state index contributed by atoms with van der Waals surface area (Å²) < 4.78 is 10.8. The highest BCUT2D eigenvalue weighted by molar-refractivity contribution is 5.77. The average Bonchev–Trinajstić information content (AvgIpc) is 2.90. The van der Waals surface area contributed by atoms with Gasteiger partial charge in [0.1, 0.15) is 11.3 Å². The van der Waals surface area contributed by atoms with Crippen LogP contribution in [-0.4, -0.2) is 4.98 Å². The van der Waals surface area contributed by atoms with Gasteiger partial charge in [-0.1, -0.05) is 0 Å². The molecule has 0 aliphatic rings. The van der Waals surface area contributed by atoms with Gasteiger partial charge in [-0.15, -0.1) is 0 Å². The molecule has 0 radical (unpaired) electrons. The molecule has 3 rings (SSSR count). The van der Waals surface area contributed by atoms with Crippen molar-refractivity contribution in [2.45, 2.75) is 20.4 Å². The van der Waals surface area contributed by atoms with Gasteiger partial charge in [-0.05, 0) is 36.8 Å². The topological polar surface area (TPSA) is 51.2 Å². The van der Waals surface area contributed by atoms with E-state index in [4.69, 9.17) is 8.83 Å². The predicted octanol–water partition coefficient (Wildman–Crippen LogP) is 3.65. The summed E-state index contributed by atoms with van der Waals surface area (Å²) in [7, 11) is 0. The fourth-order valence-corrected chi connectivity index (χ4v) is 1.92. The molecule has 0 bridgehead atoms. The number of furan rings is 1. The van der Waals surface area contributed by atoms with Crippen LogP contribution >= 0.6 is 0 Å². The van der Waals surface area contributed by atoms with Crippen molar-refractivity contribution in [1.82, 2.24) is 4.98 Å². The fraction of sp³-hybridized carbons (Fsp3) is 0.214. The maximum atomic E-state index is 5.43. The van der Waals surface area contributed by atoms with E-state index in [-0.39, 0.29) is 0 Å². The van der Waals surface area contributed by atoms with Crippen molar-refractivity contribution in [3.8, 4) is 0 Å². The Morgan fingerprint density at radius 2 is 2.11 bits per heavy atom. The zero-order chi connectivity index (χ0) is 12.5. The van der Waals surface area contributed by atoms with Crippen LogP contribution in [0.5, 0.6) is 0 Å². The van der Waals surface area contributed by atoms with E-state index in [0.717, 1.165) is 28.1 Å². The van der Waals surface area contributed by atoms with Crippen LogP contribution in [0.3, 0.4) is 0 Å². The van der Waals surface area contributed by atoms with Crippen LogP contribution in [-0.2, 0) is 6.54 Å². The maximum absolute atomic E-state index is 5.43. The predicted molar refractivity (Wildman–Crippen MR) is 69.5 cm³/mol. The Labute approximate surface area is 105 Å². The number of hydrogen-bond acceptors (Lipinski definition) is 4. The van der Waals surface area contributed by atoms with E-state index < -0.39 is 0 Å². The Kier molecular flexibility index (Phi) is 2.55. The highest BCUT2D eigenvalue weighted by atomic mass is 16.3. The van der Waals surface area contributed by atoms with E-state index in [1.165, 1.54) is 0 Å². The normalized spacial score (nSPS) is 11.0. The first-order chi connectivity index (χ1) is 8.72. The van der Waals surface area contributed by atoms with Gasteiger partial charge in [0, 0.05) is 12.6 Å². The minimum absolute atomic E-state index is 0.668. The quantitative estimate of drug-likeness (QED) is 0.761. The maximum Gasteiger partial charge on any atom is 0.192 e. The van der Waals surface area contributed by atoms with E-state index in [1.54, 1.807) is 6.26 Å². The Balaban J connectivity index is 1.80. The van der Waals surface area contributed by atoms with Crippen LogP contribution in [0.2, 0.25) is 0 Å².